The fourth-order valence-corrected chi connectivity index (χ4v) is 1.96. The van der Waals surface area contributed by atoms with Gasteiger partial charge in [0.2, 0.25) is 0 Å². The van der Waals surface area contributed by atoms with Crippen LogP contribution in [0.15, 0.2) is 21.8 Å². The normalized spacial score (nSPS) is 12.9. The van der Waals surface area contributed by atoms with Crippen molar-refractivity contribution in [2.24, 2.45) is 5.16 Å². The van der Waals surface area contributed by atoms with Crippen molar-refractivity contribution in [1.29, 1.82) is 0 Å². The molecule has 0 atom stereocenters. The monoisotopic (exact) mass is 285 g/mol. The van der Waals surface area contributed by atoms with Crippen LogP contribution in [0.4, 0.5) is 0 Å². The molecule has 0 heterocycles. The predicted molar refractivity (Wildman–Crippen MR) is 68.5 cm³/mol. The zero-order chi connectivity index (χ0) is 12.5. The fourth-order valence-electron chi connectivity index (χ4n) is 1.50. The highest BCUT2D eigenvalue weighted by atomic mass is 79.9. The van der Waals surface area contributed by atoms with E-state index >= 15 is 0 Å². The lowest BCUT2D eigenvalue weighted by molar-refractivity contribution is 0.318. The number of oxime groups is 1. The molecule has 1 rings (SSSR count). The molecule has 88 valence electrons. The molecule has 3 nitrogen and oxygen atoms in total. The Kier molecular flexibility index (Phi) is 3.63. The Hall–Kier alpha value is -1.03. The first-order chi connectivity index (χ1) is 7.27. The van der Waals surface area contributed by atoms with Gasteiger partial charge >= 0.3 is 0 Å². The Balaban J connectivity index is 3.50. The first-order valence-corrected chi connectivity index (χ1v) is 5.78. The second kappa shape index (κ2) is 4.45. The Bertz CT molecular complexity index is 433. The molecule has 0 bridgehead atoms. The summed E-state index contributed by atoms with van der Waals surface area (Å²) in [6.07, 6.45) is 0. The van der Waals surface area contributed by atoms with Gasteiger partial charge in [-0.25, -0.2) is 0 Å². The SMILES string of the molecule is CC(=NO)c1cc(Br)cc(C(C)(C)C)c1O. The van der Waals surface area contributed by atoms with E-state index in [1.165, 1.54) is 0 Å². The minimum atomic E-state index is -0.168. The zero-order valence-electron chi connectivity index (χ0n) is 9.87. The van der Waals surface area contributed by atoms with E-state index in [0.717, 1.165) is 10.0 Å². The summed E-state index contributed by atoms with van der Waals surface area (Å²) < 4.78 is 0.855. The molecule has 0 fully saturated rings. The summed E-state index contributed by atoms with van der Waals surface area (Å²) in [5, 5.41) is 22.0. The van der Waals surface area contributed by atoms with Crippen LogP contribution in [-0.2, 0) is 5.41 Å². The molecule has 0 saturated heterocycles. The van der Waals surface area contributed by atoms with E-state index in [1.54, 1.807) is 13.0 Å². The van der Waals surface area contributed by atoms with Gasteiger partial charge in [-0.2, -0.15) is 0 Å². The predicted octanol–water partition coefficient (Wildman–Crippen LogP) is 3.65. The van der Waals surface area contributed by atoms with Gasteiger partial charge in [-0.05, 0) is 24.5 Å². The number of hydrogen-bond acceptors (Lipinski definition) is 3. The van der Waals surface area contributed by atoms with Crippen LogP contribution in [0.25, 0.3) is 0 Å². The smallest absolute Gasteiger partial charge is 0.128 e. The second-order valence-corrected chi connectivity index (χ2v) is 5.70. The molecule has 4 heteroatoms. The highest BCUT2D eigenvalue weighted by Crippen LogP contribution is 2.36. The molecule has 0 saturated carbocycles. The molecular weight excluding hydrogens is 270 g/mol. The third kappa shape index (κ3) is 2.55. The van der Waals surface area contributed by atoms with E-state index in [9.17, 15) is 5.11 Å². The summed E-state index contributed by atoms with van der Waals surface area (Å²) in [4.78, 5) is 0. The molecule has 1 aromatic rings. The van der Waals surface area contributed by atoms with Gasteiger partial charge in [0.05, 0.1) is 5.71 Å². The Morgan fingerprint density at radius 3 is 2.31 bits per heavy atom. The molecule has 16 heavy (non-hydrogen) atoms. The molecule has 0 unspecified atom stereocenters. The van der Waals surface area contributed by atoms with Crippen LogP contribution in [-0.4, -0.2) is 16.0 Å². The van der Waals surface area contributed by atoms with Crippen molar-refractivity contribution in [3.05, 3.63) is 27.7 Å². The van der Waals surface area contributed by atoms with Crippen molar-refractivity contribution in [3.63, 3.8) is 0 Å². The summed E-state index contributed by atoms with van der Waals surface area (Å²) in [6, 6.07) is 3.61. The molecule has 0 aromatic heterocycles. The van der Waals surface area contributed by atoms with Gasteiger partial charge in [-0.3, -0.25) is 0 Å². The summed E-state index contributed by atoms with van der Waals surface area (Å²) in [7, 11) is 0. The number of nitrogens with zero attached hydrogens (tertiary/aromatic N) is 1. The Morgan fingerprint density at radius 1 is 1.31 bits per heavy atom. The van der Waals surface area contributed by atoms with Crippen LogP contribution in [0.5, 0.6) is 5.75 Å². The number of phenols is 1. The van der Waals surface area contributed by atoms with Crippen LogP contribution in [0.2, 0.25) is 0 Å². The van der Waals surface area contributed by atoms with Crippen LogP contribution in [0, 0.1) is 0 Å². The topological polar surface area (TPSA) is 52.8 Å². The largest absolute Gasteiger partial charge is 0.507 e. The highest BCUT2D eigenvalue weighted by molar-refractivity contribution is 9.10. The highest BCUT2D eigenvalue weighted by Gasteiger charge is 2.21. The molecule has 0 aliphatic carbocycles. The zero-order valence-corrected chi connectivity index (χ0v) is 11.5. The summed E-state index contributed by atoms with van der Waals surface area (Å²) in [5.74, 6) is 0.172. The number of rotatable bonds is 1. The van der Waals surface area contributed by atoms with Gasteiger partial charge in [-0.15, -0.1) is 0 Å². The second-order valence-electron chi connectivity index (χ2n) is 4.78. The number of phenolic OH excluding ortho intramolecular Hbond substituents is 1. The van der Waals surface area contributed by atoms with Crippen molar-refractivity contribution >= 4 is 21.6 Å². The number of hydrogen-bond donors (Lipinski definition) is 2. The van der Waals surface area contributed by atoms with E-state index in [-0.39, 0.29) is 11.2 Å². The van der Waals surface area contributed by atoms with Gasteiger partial charge < -0.3 is 10.3 Å². The van der Waals surface area contributed by atoms with Crippen molar-refractivity contribution in [3.8, 4) is 5.75 Å². The van der Waals surface area contributed by atoms with Crippen LogP contribution in [0.3, 0.4) is 0 Å². The van der Waals surface area contributed by atoms with E-state index in [4.69, 9.17) is 5.21 Å². The maximum absolute atomic E-state index is 10.1. The van der Waals surface area contributed by atoms with Gasteiger partial charge in [0, 0.05) is 15.6 Å². The molecule has 0 radical (unpaired) electrons. The molecule has 0 spiro atoms. The van der Waals surface area contributed by atoms with E-state index < -0.39 is 0 Å². The maximum Gasteiger partial charge on any atom is 0.128 e. The van der Waals surface area contributed by atoms with Gasteiger partial charge in [0.15, 0.2) is 0 Å². The fraction of sp³-hybridized carbons (Fsp3) is 0.417. The van der Waals surface area contributed by atoms with E-state index in [2.05, 4.69) is 21.1 Å². The number of benzene rings is 1. The average molecular weight is 286 g/mol. The van der Waals surface area contributed by atoms with Crippen LogP contribution in [0.1, 0.15) is 38.8 Å². The van der Waals surface area contributed by atoms with Crippen molar-refractivity contribution in [2.75, 3.05) is 0 Å². The number of halogens is 1. The van der Waals surface area contributed by atoms with Crippen molar-refractivity contribution < 1.29 is 10.3 Å². The first kappa shape index (κ1) is 13.0. The quantitative estimate of drug-likeness (QED) is 0.470. The lowest BCUT2D eigenvalue weighted by Crippen LogP contribution is -2.13. The van der Waals surface area contributed by atoms with Crippen molar-refractivity contribution in [1.82, 2.24) is 0 Å². The molecule has 1 aromatic carbocycles. The third-order valence-corrected chi connectivity index (χ3v) is 2.88. The Morgan fingerprint density at radius 2 is 1.88 bits per heavy atom. The van der Waals surface area contributed by atoms with Crippen LogP contribution >= 0.6 is 15.9 Å². The minimum Gasteiger partial charge on any atom is -0.507 e. The lowest BCUT2D eigenvalue weighted by atomic mass is 9.85. The van der Waals surface area contributed by atoms with Crippen molar-refractivity contribution in [2.45, 2.75) is 33.1 Å². The summed E-state index contributed by atoms with van der Waals surface area (Å²) >= 11 is 3.39. The maximum atomic E-state index is 10.1. The molecule has 2 N–H and O–H groups in total. The molecule has 0 aliphatic heterocycles. The first-order valence-electron chi connectivity index (χ1n) is 4.99. The summed E-state index contributed by atoms with van der Waals surface area (Å²) in [5.41, 5.74) is 1.59. The van der Waals surface area contributed by atoms with Gasteiger partial charge in [0.1, 0.15) is 5.75 Å². The Labute approximate surface area is 104 Å². The van der Waals surface area contributed by atoms with Crippen LogP contribution < -0.4 is 0 Å². The standard InChI is InChI=1S/C12H16BrNO2/c1-7(14-16)9-5-8(13)6-10(11(9)15)12(2,3)4/h5-6,15-16H,1-4H3. The lowest BCUT2D eigenvalue weighted by Gasteiger charge is -2.22. The average Bonchev–Trinajstić information content (AvgIpc) is 2.18. The molecule has 0 amide bonds. The van der Waals surface area contributed by atoms with Gasteiger partial charge in [0.25, 0.3) is 0 Å². The minimum absolute atomic E-state index is 0.168. The molecular formula is C12H16BrNO2. The van der Waals surface area contributed by atoms with E-state index in [0.29, 0.717) is 11.3 Å². The van der Waals surface area contributed by atoms with E-state index in [1.807, 2.05) is 26.8 Å². The molecule has 0 aliphatic rings. The van der Waals surface area contributed by atoms with Gasteiger partial charge in [-0.1, -0.05) is 41.9 Å². The third-order valence-electron chi connectivity index (χ3n) is 2.42. The number of aromatic hydroxyl groups is 1. The summed E-state index contributed by atoms with van der Waals surface area (Å²) in [6.45, 7) is 7.70.